The van der Waals surface area contributed by atoms with Crippen molar-refractivity contribution in [1.29, 1.82) is 0 Å². The Bertz CT molecular complexity index is 642. The van der Waals surface area contributed by atoms with Gasteiger partial charge in [0.15, 0.2) is 0 Å². The average molecular weight is 258 g/mol. The van der Waals surface area contributed by atoms with Gasteiger partial charge in [0.25, 0.3) is 0 Å². The molecule has 1 aromatic heterocycles. The Hall–Kier alpha value is -2.10. The van der Waals surface area contributed by atoms with Crippen LogP contribution in [0.1, 0.15) is 22.5 Å². The lowest BCUT2D eigenvalue weighted by molar-refractivity contribution is -0.136. The molecule has 1 heterocycles. The van der Waals surface area contributed by atoms with E-state index < -0.39 is 5.97 Å². The highest BCUT2D eigenvalue weighted by Crippen LogP contribution is 2.25. The molecule has 0 radical (unpaired) electrons. The fraction of sp³-hybridized carbons (Fsp3) is 0.333. The van der Waals surface area contributed by atoms with Crippen molar-refractivity contribution in [2.24, 2.45) is 7.05 Å². The molecular weight excluding hydrogens is 240 g/mol. The van der Waals surface area contributed by atoms with Gasteiger partial charge in [-0.3, -0.25) is 4.79 Å². The average Bonchev–Trinajstić information content (AvgIpc) is 2.60. The standard InChI is InChI=1S/C15H18N2O2/c1-9-5-6-10(2)12(7-9)15-16-11(3)13(17(15)4)8-14(18)19/h5-7H,8H2,1-4H3,(H,18,19). The molecule has 0 saturated heterocycles. The fourth-order valence-electron chi connectivity index (χ4n) is 2.28. The van der Waals surface area contributed by atoms with Gasteiger partial charge in [0.05, 0.1) is 17.8 Å². The molecule has 2 aromatic rings. The van der Waals surface area contributed by atoms with Crippen LogP contribution in [0.3, 0.4) is 0 Å². The van der Waals surface area contributed by atoms with Gasteiger partial charge < -0.3 is 9.67 Å². The SMILES string of the molecule is Cc1ccc(C)c(-c2nc(C)c(CC(=O)O)n2C)c1. The van der Waals surface area contributed by atoms with Gasteiger partial charge in [0.1, 0.15) is 5.82 Å². The summed E-state index contributed by atoms with van der Waals surface area (Å²) in [6.07, 6.45) is 0.000195. The van der Waals surface area contributed by atoms with Crippen LogP contribution in [0.5, 0.6) is 0 Å². The highest BCUT2D eigenvalue weighted by Gasteiger charge is 2.16. The fourth-order valence-corrected chi connectivity index (χ4v) is 2.28. The Morgan fingerprint density at radius 2 is 2.00 bits per heavy atom. The minimum atomic E-state index is -0.835. The van der Waals surface area contributed by atoms with Crippen molar-refractivity contribution in [3.05, 3.63) is 40.7 Å². The van der Waals surface area contributed by atoms with Crippen LogP contribution in [-0.2, 0) is 18.3 Å². The zero-order chi connectivity index (χ0) is 14.2. The molecule has 1 aromatic carbocycles. The summed E-state index contributed by atoms with van der Waals surface area (Å²) in [6, 6.07) is 6.21. The smallest absolute Gasteiger partial charge is 0.309 e. The Morgan fingerprint density at radius 3 is 2.63 bits per heavy atom. The second-order valence-corrected chi connectivity index (χ2v) is 4.92. The van der Waals surface area contributed by atoms with E-state index in [2.05, 4.69) is 23.2 Å². The van der Waals surface area contributed by atoms with Gasteiger partial charge in [-0.05, 0) is 32.4 Å². The number of carbonyl (C=O) groups is 1. The first-order valence-electron chi connectivity index (χ1n) is 6.21. The first kappa shape index (κ1) is 13.3. The van der Waals surface area contributed by atoms with Crippen molar-refractivity contribution >= 4 is 5.97 Å². The van der Waals surface area contributed by atoms with E-state index in [0.717, 1.165) is 28.3 Å². The van der Waals surface area contributed by atoms with E-state index in [1.54, 1.807) is 0 Å². The molecule has 0 amide bonds. The Kier molecular flexibility index (Phi) is 3.42. The van der Waals surface area contributed by atoms with Gasteiger partial charge >= 0.3 is 5.97 Å². The summed E-state index contributed by atoms with van der Waals surface area (Å²) in [7, 11) is 1.87. The van der Waals surface area contributed by atoms with Crippen molar-refractivity contribution in [2.75, 3.05) is 0 Å². The number of aryl methyl sites for hydroxylation is 3. The van der Waals surface area contributed by atoms with Gasteiger partial charge in [-0.15, -0.1) is 0 Å². The van der Waals surface area contributed by atoms with Crippen molar-refractivity contribution in [1.82, 2.24) is 9.55 Å². The maximum Gasteiger partial charge on any atom is 0.309 e. The maximum absolute atomic E-state index is 10.9. The molecular formula is C15H18N2O2. The number of hydrogen-bond donors (Lipinski definition) is 1. The van der Waals surface area contributed by atoms with E-state index >= 15 is 0 Å². The highest BCUT2D eigenvalue weighted by atomic mass is 16.4. The van der Waals surface area contributed by atoms with Gasteiger partial charge in [-0.2, -0.15) is 0 Å². The Labute approximate surface area is 112 Å². The topological polar surface area (TPSA) is 55.1 Å². The second kappa shape index (κ2) is 4.88. The summed E-state index contributed by atoms with van der Waals surface area (Å²) in [5, 5.41) is 8.95. The van der Waals surface area contributed by atoms with Crippen LogP contribution >= 0.6 is 0 Å². The number of aliphatic carboxylic acids is 1. The molecule has 1 N–H and O–H groups in total. The van der Waals surface area contributed by atoms with Crippen molar-refractivity contribution in [3.8, 4) is 11.4 Å². The van der Waals surface area contributed by atoms with E-state index in [1.165, 1.54) is 5.56 Å². The van der Waals surface area contributed by atoms with Gasteiger partial charge in [-0.1, -0.05) is 17.7 Å². The van der Waals surface area contributed by atoms with E-state index in [0.29, 0.717) is 0 Å². The van der Waals surface area contributed by atoms with Crippen LogP contribution in [0, 0.1) is 20.8 Å². The van der Waals surface area contributed by atoms with Crippen LogP contribution in [0.4, 0.5) is 0 Å². The lowest BCUT2D eigenvalue weighted by Gasteiger charge is -2.08. The number of benzene rings is 1. The summed E-state index contributed by atoms with van der Waals surface area (Å²) < 4.78 is 1.88. The third-order valence-electron chi connectivity index (χ3n) is 3.37. The summed E-state index contributed by atoms with van der Waals surface area (Å²) in [4.78, 5) is 15.4. The number of carboxylic acids is 1. The molecule has 100 valence electrons. The van der Waals surface area contributed by atoms with Crippen molar-refractivity contribution < 1.29 is 9.90 Å². The number of imidazole rings is 1. The third kappa shape index (κ3) is 2.52. The Balaban J connectivity index is 2.57. The first-order valence-corrected chi connectivity index (χ1v) is 6.21. The van der Waals surface area contributed by atoms with Crippen molar-refractivity contribution in [2.45, 2.75) is 27.2 Å². The molecule has 0 atom stereocenters. The molecule has 19 heavy (non-hydrogen) atoms. The lowest BCUT2D eigenvalue weighted by atomic mass is 10.1. The predicted molar refractivity (Wildman–Crippen MR) is 74.2 cm³/mol. The maximum atomic E-state index is 10.9. The molecule has 0 unspecified atom stereocenters. The molecule has 0 aliphatic rings. The largest absolute Gasteiger partial charge is 0.481 e. The van der Waals surface area contributed by atoms with Gasteiger partial charge in [0, 0.05) is 12.6 Å². The number of hydrogen-bond acceptors (Lipinski definition) is 2. The predicted octanol–water partition coefficient (Wildman–Crippen LogP) is 2.64. The van der Waals surface area contributed by atoms with Gasteiger partial charge in [0.2, 0.25) is 0 Å². The highest BCUT2D eigenvalue weighted by molar-refractivity contribution is 5.71. The van der Waals surface area contributed by atoms with Crippen LogP contribution in [0.2, 0.25) is 0 Å². The summed E-state index contributed by atoms with van der Waals surface area (Å²) in [6.45, 7) is 5.93. The first-order chi connectivity index (χ1) is 8.90. The molecule has 0 saturated carbocycles. The number of carboxylic acid groups (broad SMARTS) is 1. The van der Waals surface area contributed by atoms with E-state index in [1.807, 2.05) is 32.4 Å². The molecule has 0 aliphatic carbocycles. The molecule has 0 aliphatic heterocycles. The van der Waals surface area contributed by atoms with E-state index in [-0.39, 0.29) is 6.42 Å². The summed E-state index contributed by atoms with van der Waals surface area (Å²) >= 11 is 0. The van der Waals surface area contributed by atoms with Crippen LogP contribution in [0.25, 0.3) is 11.4 Å². The monoisotopic (exact) mass is 258 g/mol. The van der Waals surface area contributed by atoms with E-state index in [9.17, 15) is 4.79 Å². The second-order valence-electron chi connectivity index (χ2n) is 4.92. The molecule has 0 fully saturated rings. The van der Waals surface area contributed by atoms with Crippen LogP contribution < -0.4 is 0 Å². The number of nitrogens with zero attached hydrogens (tertiary/aromatic N) is 2. The minimum Gasteiger partial charge on any atom is -0.481 e. The van der Waals surface area contributed by atoms with E-state index in [4.69, 9.17) is 5.11 Å². The summed E-state index contributed by atoms with van der Waals surface area (Å²) in [5.41, 5.74) is 4.90. The van der Waals surface area contributed by atoms with Crippen molar-refractivity contribution in [3.63, 3.8) is 0 Å². The molecule has 2 rings (SSSR count). The molecule has 0 spiro atoms. The molecule has 4 nitrogen and oxygen atoms in total. The molecule has 0 bridgehead atoms. The quantitative estimate of drug-likeness (QED) is 0.920. The normalized spacial score (nSPS) is 10.7. The minimum absolute atomic E-state index is 0.000195. The zero-order valence-electron chi connectivity index (χ0n) is 11.7. The Morgan fingerprint density at radius 1 is 1.32 bits per heavy atom. The van der Waals surface area contributed by atoms with Crippen LogP contribution in [0.15, 0.2) is 18.2 Å². The third-order valence-corrected chi connectivity index (χ3v) is 3.37. The number of aromatic nitrogens is 2. The van der Waals surface area contributed by atoms with Crippen LogP contribution in [-0.4, -0.2) is 20.6 Å². The summed E-state index contributed by atoms with van der Waals surface area (Å²) in [5.74, 6) is -0.00596. The number of rotatable bonds is 3. The molecule has 4 heteroatoms. The lowest BCUT2D eigenvalue weighted by Crippen LogP contribution is -2.07. The zero-order valence-corrected chi connectivity index (χ0v) is 11.7. The van der Waals surface area contributed by atoms with Gasteiger partial charge in [-0.25, -0.2) is 4.98 Å².